The number of nitrogens with zero attached hydrogens (tertiary/aromatic N) is 1. The summed E-state index contributed by atoms with van der Waals surface area (Å²) >= 11 is 4.81. The minimum atomic E-state index is -0.232. The van der Waals surface area contributed by atoms with E-state index in [0.29, 0.717) is 17.0 Å². The Morgan fingerprint density at radius 2 is 2.05 bits per heavy atom. The first-order valence-corrected chi connectivity index (χ1v) is 8.34. The molecule has 3 aromatic rings. The highest BCUT2D eigenvalue weighted by Crippen LogP contribution is 2.21. The number of furan rings is 1. The Hall–Kier alpha value is -1.92. The Bertz CT molecular complexity index is 793. The van der Waals surface area contributed by atoms with Gasteiger partial charge in [-0.1, -0.05) is 24.3 Å². The fourth-order valence-corrected chi connectivity index (χ4v) is 2.92. The van der Waals surface area contributed by atoms with Crippen molar-refractivity contribution in [3.63, 3.8) is 0 Å². The Kier molecular flexibility index (Phi) is 4.40. The van der Waals surface area contributed by atoms with Gasteiger partial charge in [-0.3, -0.25) is 4.79 Å². The molecule has 1 amide bonds. The van der Waals surface area contributed by atoms with Gasteiger partial charge in [0.05, 0.1) is 10.7 Å². The maximum absolute atomic E-state index is 11.9. The third-order valence-corrected chi connectivity index (χ3v) is 4.32. The first kappa shape index (κ1) is 15.0. The number of hydrogen-bond acceptors (Lipinski definition) is 4. The van der Waals surface area contributed by atoms with Gasteiger partial charge in [0, 0.05) is 17.5 Å². The molecule has 22 heavy (non-hydrogen) atoms. The molecule has 0 unspecified atom stereocenters. The lowest BCUT2D eigenvalue weighted by Crippen LogP contribution is -2.22. The summed E-state index contributed by atoms with van der Waals surface area (Å²) in [4.78, 5) is 16.3. The third-order valence-electron chi connectivity index (χ3n) is 3.12. The van der Waals surface area contributed by atoms with Crippen molar-refractivity contribution in [1.29, 1.82) is 0 Å². The van der Waals surface area contributed by atoms with Crippen molar-refractivity contribution in [2.24, 2.45) is 0 Å². The molecular weight excluding hydrogens is 364 g/mol. The number of benzene rings is 1. The van der Waals surface area contributed by atoms with Gasteiger partial charge in [0.2, 0.25) is 0 Å². The summed E-state index contributed by atoms with van der Waals surface area (Å²) in [5.41, 5.74) is 3.09. The van der Waals surface area contributed by atoms with Crippen molar-refractivity contribution in [2.75, 3.05) is 0 Å². The van der Waals surface area contributed by atoms with Gasteiger partial charge in [0.1, 0.15) is 0 Å². The van der Waals surface area contributed by atoms with Gasteiger partial charge in [0.25, 0.3) is 5.91 Å². The molecule has 0 spiro atoms. The van der Waals surface area contributed by atoms with Crippen LogP contribution < -0.4 is 5.32 Å². The molecule has 3 rings (SSSR count). The molecule has 4 nitrogen and oxygen atoms in total. The van der Waals surface area contributed by atoms with E-state index in [9.17, 15) is 4.79 Å². The van der Waals surface area contributed by atoms with Gasteiger partial charge in [-0.15, -0.1) is 11.3 Å². The second-order valence-corrected chi connectivity index (χ2v) is 6.58. The van der Waals surface area contributed by atoms with E-state index in [-0.39, 0.29) is 5.91 Å². The fraction of sp³-hybridized carbons (Fsp3) is 0.125. The zero-order valence-electron chi connectivity index (χ0n) is 11.8. The van der Waals surface area contributed by atoms with Gasteiger partial charge in [-0.05, 0) is 40.5 Å². The molecule has 0 bridgehead atoms. The van der Waals surface area contributed by atoms with Crippen LogP contribution in [0, 0.1) is 6.92 Å². The minimum absolute atomic E-state index is 0.232. The van der Waals surface area contributed by atoms with Crippen LogP contribution in [0.15, 0.2) is 50.9 Å². The molecule has 0 fully saturated rings. The molecule has 6 heteroatoms. The molecule has 0 aliphatic carbocycles. The highest BCUT2D eigenvalue weighted by molar-refractivity contribution is 9.10. The number of amides is 1. The summed E-state index contributed by atoms with van der Waals surface area (Å²) in [6.07, 6.45) is 0. The van der Waals surface area contributed by atoms with E-state index in [1.54, 1.807) is 23.5 Å². The number of nitrogens with one attached hydrogen (secondary N) is 1. The van der Waals surface area contributed by atoms with Crippen LogP contribution in [0.4, 0.5) is 0 Å². The van der Waals surface area contributed by atoms with E-state index in [0.717, 1.165) is 21.8 Å². The van der Waals surface area contributed by atoms with Crippen LogP contribution in [0.5, 0.6) is 0 Å². The Morgan fingerprint density at radius 1 is 1.27 bits per heavy atom. The average Bonchev–Trinajstić information content (AvgIpc) is 3.14. The molecular formula is C16H13BrN2O2S. The van der Waals surface area contributed by atoms with Crippen molar-refractivity contribution < 1.29 is 9.21 Å². The summed E-state index contributed by atoms with van der Waals surface area (Å²) < 4.78 is 5.75. The van der Waals surface area contributed by atoms with Crippen LogP contribution in [-0.4, -0.2) is 10.9 Å². The Morgan fingerprint density at radius 3 is 2.64 bits per heavy atom. The summed E-state index contributed by atoms with van der Waals surface area (Å²) in [5.74, 6) is 0.0614. The van der Waals surface area contributed by atoms with Crippen LogP contribution in [0.25, 0.3) is 11.3 Å². The summed E-state index contributed by atoms with van der Waals surface area (Å²) in [7, 11) is 0. The predicted molar refractivity (Wildman–Crippen MR) is 89.9 cm³/mol. The molecule has 1 N–H and O–H groups in total. The normalized spacial score (nSPS) is 10.6. The van der Waals surface area contributed by atoms with Crippen molar-refractivity contribution in [3.8, 4) is 11.3 Å². The van der Waals surface area contributed by atoms with Gasteiger partial charge in [-0.25, -0.2) is 4.98 Å². The second kappa shape index (κ2) is 6.46. The Labute approximate surface area is 140 Å². The van der Waals surface area contributed by atoms with Crippen LogP contribution in [0.2, 0.25) is 0 Å². The summed E-state index contributed by atoms with van der Waals surface area (Å²) in [5, 5.41) is 5.92. The van der Waals surface area contributed by atoms with Gasteiger partial charge in [-0.2, -0.15) is 0 Å². The SMILES string of the molecule is Cc1nc(-c2ccc(CNC(=O)c3ccc(Br)o3)cc2)cs1. The third kappa shape index (κ3) is 3.45. The monoisotopic (exact) mass is 376 g/mol. The smallest absolute Gasteiger partial charge is 0.287 e. The number of thiazole rings is 1. The zero-order valence-corrected chi connectivity index (χ0v) is 14.2. The average molecular weight is 377 g/mol. The van der Waals surface area contributed by atoms with E-state index >= 15 is 0 Å². The number of hydrogen-bond donors (Lipinski definition) is 1. The summed E-state index contributed by atoms with van der Waals surface area (Å²) in [6, 6.07) is 11.3. The van der Waals surface area contributed by atoms with Crippen molar-refractivity contribution in [2.45, 2.75) is 13.5 Å². The van der Waals surface area contributed by atoms with E-state index in [2.05, 4.69) is 26.2 Å². The molecule has 0 radical (unpaired) electrons. The lowest BCUT2D eigenvalue weighted by molar-refractivity contribution is 0.0922. The number of aryl methyl sites for hydroxylation is 1. The first-order valence-electron chi connectivity index (χ1n) is 6.67. The molecule has 0 atom stereocenters. The zero-order chi connectivity index (χ0) is 15.5. The minimum Gasteiger partial charge on any atom is -0.444 e. The molecule has 2 aromatic heterocycles. The lowest BCUT2D eigenvalue weighted by atomic mass is 10.1. The van der Waals surface area contributed by atoms with Gasteiger partial charge < -0.3 is 9.73 Å². The highest BCUT2D eigenvalue weighted by Gasteiger charge is 2.10. The molecule has 0 saturated heterocycles. The molecule has 0 aliphatic heterocycles. The van der Waals surface area contributed by atoms with Gasteiger partial charge in [0.15, 0.2) is 10.4 Å². The summed E-state index contributed by atoms with van der Waals surface area (Å²) in [6.45, 7) is 2.44. The number of aromatic nitrogens is 1. The van der Waals surface area contributed by atoms with Crippen LogP contribution in [0.3, 0.4) is 0 Å². The second-order valence-electron chi connectivity index (χ2n) is 4.74. The van der Waals surface area contributed by atoms with Crippen molar-refractivity contribution in [3.05, 3.63) is 62.8 Å². The van der Waals surface area contributed by atoms with Crippen LogP contribution in [0.1, 0.15) is 21.1 Å². The van der Waals surface area contributed by atoms with Crippen molar-refractivity contribution >= 4 is 33.2 Å². The first-order chi connectivity index (χ1) is 10.6. The molecule has 1 aromatic carbocycles. The van der Waals surface area contributed by atoms with Crippen LogP contribution in [-0.2, 0) is 6.54 Å². The molecule has 2 heterocycles. The van der Waals surface area contributed by atoms with E-state index in [1.807, 2.05) is 36.6 Å². The maximum atomic E-state index is 11.9. The van der Waals surface area contributed by atoms with E-state index < -0.39 is 0 Å². The van der Waals surface area contributed by atoms with Gasteiger partial charge >= 0.3 is 0 Å². The number of carbonyl (C=O) groups is 1. The Balaban J connectivity index is 1.63. The molecule has 0 aliphatic rings. The molecule has 0 saturated carbocycles. The molecule has 112 valence electrons. The largest absolute Gasteiger partial charge is 0.444 e. The number of carbonyl (C=O) groups excluding carboxylic acids is 1. The van der Waals surface area contributed by atoms with E-state index in [1.165, 1.54) is 0 Å². The van der Waals surface area contributed by atoms with E-state index in [4.69, 9.17) is 4.42 Å². The standard InChI is InChI=1S/C16H13BrN2O2S/c1-10-19-13(9-22-10)12-4-2-11(3-5-12)8-18-16(20)14-6-7-15(17)21-14/h2-7,9H,8H2,1H3,(H,18,20). The van der Waals surface area contributed by atoms with Crippen molar-refractivity contribution in [1.82, 2.24) is 10.3 Å². The topological polar surface area (TPSA) is 55.1 Å². The quantitative estimate of drug-likeness (QED) is 0.733. The lowest BCUT2D eigenvalue weighted by Gasteiger charge is -2.04. The number of halogens is 1. The fourth-order valence-electron chi connectivity index (χ4n) is 2.00. The number of rotatable bonds is 4. The maximum Gasteiger partial charge on any atom is 0.287 e. The predicted octanol–water partition coefficient (Wildman–Crippen LogP) is 4.40. The van der Waals surface area contributed by atoms with Crippen LogP contribution >= 0.6 is 27.3 Å². The highest BCUT2D eigenvalue weighted by atomic mass is 79.9.